The number of halogens is 1. The summed E-state index contributed by atoms with van der Waals surface area (Å²) in [4.78, 5) is 0.889. The van der Waals surface area contributed by atoms with Crippen LogP contribution in [0.4, 0.5) is 4.39 Å². The van der Waals surface area contributed by atoms with Gasteiger partial charge < -0.3 is 15.2 Å². The van der Waals surface area contributed by atoms with E-state index in [4.69, 9.17) is 15.2 Å². The number of hydrogen-bond donors (Lipinski definition) is 1. The number of nitrogens with two attached hydrogens (primary N) is 1. The SMILES string of the molecule is COc1cc(SCCF)c(OC)cc1C[C@@H](C)N. The van der Waals surface area contributed by atoms with E-state index in [9.17, 15) is 4.39 Å². The molecule has 102 valence electrons. The maximum Gasteiger partial charge on any atom is 0.132 e. The molecule has 1 aromatic rings. The molecule has 0 aromatic heterocycles. The van der Waals surface area contributed by atoms with Crippen molar-refractivity contribution in [3.05, 3.63) is 17.7 Å². The molecule has 0 radical (unpaired) electrons. The predicted octanol–water partition coefficient (Wildman–Crippen LogP) is 2.66. The van der Waals surface area contributed by atoms with E-state index in [0.29, 0.717) is 12.2 Å². The van der Waals surface area contributed by atoms with Crippen molar-refractivity contribution in [1.29, 1.82) is 0 Å². The van der Waals surface area contributed by atoms with Crippen molar-refractivity contribution in [2.75, 3.05) is 26.6 Å². The highest BCUT2D eigenvalue weighted by molar-refractivity contribution is 7.99. The van der Waals surface area contributed by atoms with Gasteiger partial charge in [0.25, 0.3) is 0 Å². The monoisotopic (exact) mass is 273 g/mol. The fourth-order valence-corrected chi connectivity index (χ4v) is 2.47. The lowest BCUT2D eigenvalue weighted by Gasteiger charge is -2.15. The standard InChI is InChI=1S/C13H20FNO2S/c1-9(15)6-10-7-12(17-3)13(18-5-4-14)8-11(10)16-2/h7-9H,4-6,15H2,1-3H3/t9-/m1/s1. The smallest absolute Gasteiger partial charge is 0.132 e. The van der Waals surface area contributed by atoms with E-state index in [1.807, 2.05) is 19.1 Å². The molecule has 1 rings (SSSR count). The number of methoxy groups -OCH3 is 2. The zero-order valence-corrected chi connectivity index (χ0v) is 11.8. The van der Waals surface area contributed by atoms with Crippen LogP contribution >= 0.6 is 11.8 Å². The van der Waals surface area contributed by atoms with Gasteiger partial charge in [-0.25, -0.2) is 0 Å². The van der Waals surface area contributed by atoms with Crippen molar-refractivity contribution in [3.63, 3.8) is 0 Å². The number of thioether (sulfide) groups is 1. The highest BCUT2D eigenvalue weighted by Gasteiger charge is 2.12. The van der Waals surface area contributed by atoms with E-state index in [1.54, 1.807) is 14.2 Å². The van der Waals surface area contributed by atoms with Gasteiger partial charge in [0.15, 0.2) is 0 Å². The summed E-state index contributed by atoms with van der Waals surface area (Å²) < 4.78 is 22.9. The van der Waals surface area contributed by atoms with E-state index in [0.717, 1.165) is 22.0 Å². The summed E-state index contributed by atoms with van der Waals surface area (Å²) in [5.41, 5.74) is 6.81. The zero-order chi connectivity index (χ0) is 13.5. The molecule has 0 aliphatic carbocycles. The van der Waals surface area contributed by atoms with Crippen LogP contribution in [-0.4, -0.2) is 32.7 Å². The lowest BCUT2D eigenvalue weighted by atomic mass is 10.1. The molecule has 1 aromatic carbocycles. The first-order valence-electron chi connectivity index (χ1n) is 5.81. The van der Waals surface area contributed by atoms with Crippen LogP contribution in [0.25, 0.3) is 0 Å². The Morgan fingerprint density at radius 3 is 2.44 bits per heavy atom. The Balaban J connectivity index is 3.06. The summed E-state index contributed by atoms with van der Waals surface area (Å²) in [6.07, 6.45) is 0.716. The van der Waals surface area contributed by atoms with Crippen LogP contribution in [0.3, 0.4) is 0 Å². The van der Waals surface area contributed by atoms with Crippen LogP contribution in [0.5, 0.6) is 11.5 Å². The molecule has 0 heterocycles. The highest BCUT2D eigenvalue weighted by atomic mass is 32.2. The third-order valence-corrected chi connectivity index (χ3v) is 3.43. The topological polar surface area (TPSA) is 44.5 Å². The number of ether oxygens (including phenoxy) is 2. The number of hydrogen-bond acceptors (Lipinski definition) is 4. The van der Waals surface area contributed by atoms with Crippen LogP contribution in [0.1, 0.15) is 12.5 Å². The summed E-state index contributed by atoms with van der Waals surface area (Å²) in [5.74, 6) is 1.92. The zero-order valence-electron chi connectivity index (χ0n) is 11.0. The summed E-state index contributed by atoms with van der Waals surface area (Å²) in [7, 11) is 3.23. The van der Waals surface area contributed by atoms with Crippen molar-refractivity contribution in [2.24, 2.45) is 5.73 Å². The van der Waals surface area contributed by atoms with Crippen molar-refractivity contribution in [1.82, 2.24) is 0 Å². The Labute approximate surface area is 112 Å². The van der Waals surface area contributed by atoms with Gasteiger partial charge in [0.1, 0.15) is 11.5 Å². The van der Waals surface area contributed by atoms with Gasteiger partial charge in [-0.3, -0.25) is 4.39 Å². The molecule has 0 amide bonds. The van der Waals surface area contributed by atoms with Gasteiger partial charge >= 0.3 is 0 Å². The van der Waals surface area contributed by atoms with Crippen LogP contribution in [0, 0.1) is 0 Å². The molecule has 5 heteroatoms. The minimum Gasteiger partial charge on any atom is -0.496 e. The van der Waals surface area contributed by atoms with Gasteiger partial charge in [0, 0.05) is 11.8 Å². The molecule has 0 fully saturated rings. The predicted molar refractivity (Wildman–Crippen MR) is 73.6 cm³/mol. The molecule has 0 aliphatic rings. The summed E-state index contributed by atoms with van der Waals surface area (Å²) in [5, 5.41) is 0. The second-order valence-electron chi connectivity index (χ2n) is 4.03. The first-order chi connectivity index (χ1) is 8.62. The van der Waals surface area contributed by atoms with E-state index in [-0.39, 0.29) is 12.7 Å². The minimum atomic E-state index is -0.363. The second kappa shape index (κ2) is 7.48. The molecule has 0 bridgehead atoms. The Hall–Kier alpha value is -0.940. The molecule has 0 spiro atoms. The molecule has 0 unspecified atom stereocenters. The Kier molecular flexibility index (Phi) is 6.29. The van der Waals surface area contributed by atoms with Crippen LogP contribution in [-0.2, 0) is 6.42 Å². The summed E-state index contributed by atoms with van der Waals surface area (Å²) in [6.45, 7) is 1.58. The third kappa shape index (κ3) is 4.07. The summed E-state index contributed by atoms with van der Waals surface area (Å²) in [6, 6.07) is 3.85. The quantitative estimate of drug-likeness (QED) is 0.776. The van der Waals surface area contributed by atoms with E-state index < -0.39 is 0 Å². The Morgan fingerprint density at radius 1 is 1.28 bits per heavy atom. The van der Waals surface area contributed by atoms with Crippen molar-refractivity contribution < 1.29 is 13.9 Å². The molecule has 1 atom stereocenters. The largest absolute Gasteiger partial charge is 0.496 e. The normalized spacial score (nSPS) is 12.3. The van der Waals surface area contributed by atoms with Crippen LogP contribution in [0.2, 0.25) is 0 Å². The average Bonchev–Trinajstić information content (AvgIpc) is 2.35. The first kappa shape index (κ1) is 15.1. The summed E-state index contributed by atoms with van der Waals surface area (Å²) >= 11 is 1.42. The van der Waals surface area contributed by atoms with Crippen LogP contribution in [0.15, 0.2) is 17.0 Å². The Morgan fingerprint density at radius 2 is 1.94 bits per heavy atom. The lowest BCUT2D eigenvalue weighted by Crippen LogP contribution is -2.18. The molecule has 2 N–H and O–H groups in total. The number of alkyl halides is 1. The van der Waals surface area contributed by atoms with Gasteiger partial charge in [-0.05, 0) is 31.0 Å². The minimum absolute atomic E-state index is 0.0490. The molecule has 0 saturated heterocycles. The fourth-order valence-electron chi connectivity index (χ4n) is 1.70. The molecule has 0 aliphatic heterocycles. The maximum absolute atomic E-state index is 12.2. The van der Waals surface area contributed by atoms with E-state index in [2.05, 4.69) is 0 Å². The highest BCUT2D eigenvalue weighted by Crippen LogP contribution is 2.36. The molecule has 0 saturated carbocycles. The van der Waals surface area contributed by atoms with E-state index in [1.165, 1.54) is 11.8 Å². The fraction of sp³-hybridized carbons (Fsp3) is 0.538. The lowest BCUT2D eigenvalue weighted by molar-refractivity contribution is 0.389. The second-order valence-corrected chi connectivity index (χ2v) is 5.17. The van der Waals surface area contributed by atoms with Gasteiger partial charge in [0.05, 0.1) is 25.8 Å². The van der Waals surface area contributed by atoms with Gasteiger partial charge in [-0.1, -0.05) is 0 Å². The number of rotatable bonds is 7. The maximum atomic E-state index is 12.2. The van der Waals surface area contributed by atoms with Crippen LogP contribution < -0.4 is 15.2 Å². The van der Waals surface area contributed by atoms with Crippen molar-refractivity contribution in [2.45, 2.75) is 24.3 Å². The number of benzene rings is 1. The van der Waals surface area contributed by atoms with Gasteiger partial charge in [-0.15, -0.1) is 11.8 Å². The van der Waals surface area contributed by atoms with Gasteiger partial charge in [0.2, 0.25) is 0 Å². The molecule has 3 nitrogen and oxygen atoms in total. The van der Waals surface area contributed by atoms with Crippen molar-refractivity contribution in [3.8, 4) is 11.5 Å². The Bertz CT molecular complexity index is 385. The molecule has 18 heavy (non-hydrogen) atoms. The third-order valence-electron chi connectivity index (χ3n) is 2.44. The van der Waals surface area contributed by atoms with Crippen molar-refractivity contribution >= 4 is 11.8 Å². The van der Waals surface area contributed by atoms with Gasteiger partial charge in [-0.2, -0.15) is 0 Å². The first-order valence-corrected chi connectivity index (χ1v) is 6.80. The average molecular weight is 273 g/mol. The molecular formula is C13H20FNO2S. The van der Waals surface area contributed by atoms with E-state index >= 15 is 0 Å². The molecular weight excluding hydrogens is 253 g/mol.